The molecule has 0 atom stereocenters. The Hall–Kier alpha value is -3.24. The number of allylic oxidation sites excluding steroid dienone is 5. The molecule has 0 amide bonds. The summed E-state index contributed by atoms with van der Waals surface area (Å²) in [6.07, 6.45) is 9.71. The average Bonchev–Trinajstić information content (AvgIpc) is 3.07. The Morgan fingerprint density at radius 2 is 1.23 bits per heavy atom. The first kappa shape index (κ1) is 21.0. The van der Waals surface area contributed by atoms with Gasteiger partial charge in [-0.3, -0.25) is 0 Å². The summed E-state index contributed by atoms with van der Waals surface area (Å²) >= 11 is 3.51. The maximum Gasteiger partial charge on any atom is 0.119 e. The minimum Gasteiger partial charge on any atom is -0.497 e. The van der Waals surface area contributed by atoms with Gasteiger partial charge in [0.05, 0.1) is 14.2 Å². The quantitative estimate of drug-likeness (QED) is 0.369. The Morgan fingerprint density at radius 3 is 1.74 bits per heavy atom. The van der Waals surface area contributed by atoms with Crippen molar-refractivity contribution in [2.24, 2.45) is 0 Å². The van der Waals surface area contributed by atoms with E-state index in [0.717, 1.165) is 39.5 Å². The average molecular weight is 474 g/mol. The molecule has 0 spiro atoms. The molecule has 0 aliphatic heterocycles. The van der Waals surface area contributed by atoms with Gasteiger partial charge in [0.25, 0.3) is 0 Å². The van der Waals surface area contributed by atoms with Crippen LogP contribution in [0, 0.1) is 0 Å². The molecule has 156 valence electrons. The van der Waals surface area contributed by atoms with E-state index < -0.39 is 0 Å². The number of halogens is 1. The molecule has 3 nitrogen and oxygen atoms in total. The summed E-state index contributed by atoms with van der Waals surface area (Å²) in [4.78, 5) is 2.24. The van der Waals surface area contributed by atoms with Crippen LogP contribution in [-0.4, -0.2) is 14.2 Å². The van der Waals surface area contributed by atoms with Gasteiger partial charge in [0.1, 0.15) is 11.5 Å². The molecule has 4 rings (SSSR count). The van der Waals surface area contributed by atoms with Gasteiger partial charge < -0.3 is 14.4 Å². The lowest BCUT2D eigenvalue weighted by atomic mass is 10.1. The molecule has 0 unspecified atom stereocenters. The fraction of sp³-hybridized carbons (Fsp3) is 0.111. The molecule has 0 heterocycles. The molecular weight excluding hydrogens is 450 g/mol. The SMILES string of the molecule is COc1ccc(N(C2=CCC=C(c3ccc(Br)cc3)C=C2)c2ccc(OC)cc2)cc1. The van der Waals surface area contributed by atoms with E-state index in [1.54, 1.807) is 14.2 Å². The van der Waals surface area contributed by atoms with E-state index in [1.807, 2.05) is 24.3 Å². The summed E-state index contributed by atoms with van der Waals surface area (Å²) < 4.78 is 11.8. The zero-order valence-corrected chi connectivity index (χ0v) is 19.2. The van der Waals surface area contributed by atoms with Gasteiger partial charge in [0.15, 0.2) is 0 Å². The van der Waals surface area contributed by atoms with Crippen molar-refractivity contribution in [3.63, 3.8) is 0 Å². The van der Waals surface area contributed by atoms with E-state index in [1.165, 1.54) is 11.1 Å². The highest BCUT2D eigenvalue weighted by Gasteiger charge is 2.15. The molecule has 0 saturated carbocycles. The summed E-state index contributed by atoms with van der Waals surface area (Å²) in [5, 5.41) is 0. The van der Waals surface area contributed by atoms with Gasteiger partial charge in [0.2, 0.25) is 0 Å². The normalized spacial score (nSPS) is 13.1. The molecule has 4 heteroatoms. The first-order valence-electron chi connectivity index (χ1n) is 10.1. The zero-order valence-electron chi connectivity index (χ0n) is 17.6. The third kappa shape index (κ3) is 4.92. The van der Waals surface area contributed by atoms with Crippen molar-refractivity contribution >= 4 is 32.9 Å². The maximum atomic E-state index is 5.35. The van der Waals surface area contributed by atoms with Crippen molar-refractivity contribution in [3.8, 4) is 11.5 Å². The first-order chi connectivity index (χ1) is 15.2. The van der Waals surface area contributed by atoms with Crippen LogP contribution < -0.4 is 14.4 Å². The molecular formula is C27H24BrNO2. The molecule has 0 fully saturated rings. The highest BCUT2D eigenvalue weighted by molar-refractivity contribution is 9.10. The Balaban J connectivity index is 1.69. The largest absolute Gasteiger partial charge is 0.497 e. The Bertz CT molecular complexity index is 1060. The van der Waals surface area contributed by atoms with E-state index in [4.69, 9.17) is 9.47 Å². The second-order valence-corrected chi connectivity index (χ2v) is 8.01. The highest BCUT2D eigenvalue weighted by atomic mass is 79.9. The fourth-order valence-electron chi connectivity index (χ4n) is 3.55. The maximum absolute atomic E-state index is 5.35. The van der Waals surface area contributed by atoms with Gasteiger partial charge in [-0.2, -0.15) is 0 Å². The molecule has 0 saturated heterocycles. The van der Waals surface area contributed by atoms with E-state index in [0.29, 0.717) is 0 Å². The van der Waals surface area contributed by atoms with Gasteiger partial charge >= 0.3 is 0 Å². The van der Waals surface area contributed by atoms with Crippen LogP contribution in [0.25, 0.3) is 5.57 Å². The van der Waals surface area contributed by atoms with E-state index >= 15 is 0 Å². The summed E-state index contributed by atoms with van der Waals surface area (Å²) in [6.45, 7) is 0. The number of methoxy groups -OCH3 is 2. The van der Waals surface area contributed by atoms with Gasteiger partial charge in [0, 0.05) is 21.5 Å². The Labute approximate surface area is 192 Å². The molecule has 1 aliphatic carbocycles. The predicted molar refractivity (Wildman–Crippen MR) is 132 cm³/mol. The lowest BCUT2D eigenvalue weighted by Crippen LogP contribution is -2.15. The van der Waals surface area contributed by atoms with Crippen LogP contribution in [0.15, 0.2) is 107 Å². The van der Waals surface area contributed by atoms with Crippen molar-refractivity contribution in [1.29, 1.82) is 0 Å². The number of rotatable bonds is 6. The van der Waals surface area contributed by atoms with E-state index in [2.05, 4.69) is 93.7 Å². The van der Waals surface area contributed by atoms with Gasteiger partial charge in [-0.05, 0) is 84.3 Å². The lowest BCUT2D eigenvalue weighted by molar-refractivity contribution is 0.415. The minimum absolute atomic E-state index is 0.836. The summed E-state index contributed by atoms with van der Waals surface area (Å²) in [5.41, 5.74) is 5.65. The molecule has 31 heavy (non-hydrogen) atoms. The van der Waals surface area contributed by atoms with Crippen molar-refractivity contribution < 1.29 is 9.47 Å². The van der Waals surface area contributed by atoms with E-state index in [-0.39, 0.29) is 0 Å². The smallest absolute Gasteiger partial charge is 0.119 e. The number of hydrogen-bond donors (Lipinski definition) is 0. The lowest BCUT2D eigenvalue weighted by Gasteiger charge is -2.26. The standard InChI is InChI=1S/C27H24BrNO2/c1-30-26-16-12-24(13-17-26)29(25-14-18-27(31-2)19-15-25)23-5-3-4-20(8-11-23)21-6-9-22(28)10-7-21/h4-19H,3H2,1-2H3. The van der Waals surface area contributed by atoms with Crippen molar-refractivity contribution in [1.82, 2.24) is 0 Å². The third-order valence-corrected chi connectivity index (χ3v) is 5.72. The second-order valence-electron chi connectivity index (χ2n) is 7.10. The Kier molecular flexibility index (Phi) is 6.58. The minimum atomic E-state index is 0.836. The van der Waals surface area contributed by atoms with E-state index in [9.17, 15) is 0 Å². The molecule has 0 aromatic heterocycles. The third-order valence-electron chi connectivity index (χ3n) is 5.20. The Morgan fingerprint density at radius 1 is 0.677 bits per heavy atom. The predicted octanol–water partition coefficient (Wildman–Crippen LogP) is 7.53. The van der Waals surface area contributed by atoms with Crippen molar-refractivity contribution in [2.75, 3.05) is 19.1 Å². The van der Waals surface area contributed by atoms with Crippen LogP contribution in [0.2, 0.25) is 0 Å². The topological polar surface area (TPSA) is 21.7 Å². The number of anilines is 2. The fourth-order valence-corrected chi connectivity index (χ4v) is 3.81. The van der Waals surface area contributed by atoms with Gasteiger partial charge in [-0.1, -0.05) is 46.3 Å². The molecule has 3 aromatic rings. The number of nitrogens with zero attached hydrogens (tertiary/aromatic N) is 1. The van der Waals surface area contributed by atoms with Crippen LogP contribution in [0.1, 0.15) is 12.0 Å². The number of benzene rings is 3. The molecule has 0 N–H and O–H groups in total. The molecule has 3 aromatic carbocycles. The number of hydrogen-bond acceptors (Lipinski definition) is 3. The molecule has 0 bridgehead atoms. The summed E-state index contributed by atoms with van der Waals surface area (Å²) in [5.74, 6) is 1.67. The van der Waals surface area contributed by atoms with Crippen molar-refractivity contribution in [2.45, 2.75) is 6.42 Å². The molecule has 1 aliphatic rings. The zero-order chi connectivity index (χ0) is 21.6. The van der Waals surface area contributed by atoms with Gasteiger partial charge in [-0.15, -0.1) is 0 Å². The molecule has 0 radical (unpaired) electrons. The van der Waals surface area contributed by atoms with Crippen LogP contribution in [0.3, 0.4) is 0 Å². The summed E-state index contributed by atoms with van der Waals surface area (Å²) in [6, 6.07) is 24.7. The number of ether oxygens (including phenoxy) is 2. The first-order valence-corrected chi connectivity index (χ1v) is 10.9. The van der Waals surface area contributed by atoms with Gasteiger partial charge in [-0.25, -0.2) is 0 Å². The van der Waals surface area contributed by atoms with Crippen LogP contribution in [0.4, 0.5) is 11.4 Å². The van der Waals surface area contributed by atoms with Crippen LogP contribution >= 0.6 is 15.9 Å². The highest BCUT2D eigenvalue weighted by Crippen LogP contribution is 2.34. The summed E-state index contributed by atoms with van der Waals surface area (Å²) in [7, 11) is 3.37. The monoisotopic (exact) mass is 473 g/mol. The van der Waals surface area contributed by atoms with Crippen molar-refractivity contribution in [3.05, 3.63) is 113 Å². The second kappa shape index (κ2) is 9.71. The van der Waals surface area contributed by atoms with Crippen LogP contribution in [-0.2, 0) is 0 Å². The van der Waals surface area contributed by atoms with Crippen LogP contribution in [0.5, 0.6) is 11.5 Å².